The molecule has 2 nitrogen and oxygen atoms in total. The zero-order chi connectivity index (χ0) is 17.5. The number of hydrogen-bond acceptors (Lipinski definition) is 1. The molecule has 1 rings (SSSR count). The van der Waals surface area contributed by atoms with E-state index in [4.69, 9.17) is 0 Å². The molecule has 23 heavy (non-hydrogen) atoms. The predicted molar refractivity (Wildman–Crippen MR) is 103 cm³/mol. The van der Waals surface area contributed by atoms with Crippen LogP contribution in [-0.4, -0.2) is 42.9 Å². The van der Waals surface area contributed by atoms with Crippen LogP contribution in [0.4, 0.5) is 0 Å². The predicted octanol–water partition coefficient (Wildman–Crippen LogP) is 5.11. The molecule has 0 spiro atoms. The molecule has 1 unspecified atom stereocenters. The van der Waals surface area contributed by atoms with E-state index in [0.717, 1.165) is 6.42 Å². The molecule has 0 radical (unpaired) electrons. The average Bonchev–Trinajstić information content (AvgIpc) is 2.47. The van der Waals surface area contributed by atoms with Gasteiger partial charge >= 0.3 is 0 Å². The molecule has 2 heteroatoms. The second-order valence-corrected chi connectivity index (χ2v) is 8.23. The van der Waals surface area contributed by atoms with Crippen LogP contribution in [-0.2, 0) is 0 Å². The van der Waals surface area contributed by atoms with Crippen LogP contribution in [0.5, 0.6) is 0 Å². The van der Waals surface area contributed by atoms with Gasteiger partial charge in [-0.05, 0) is 39.3 Å². The summed E-state index contributed by atoms with van der Waals surface area (Å²) < 4.78 is 2.52. The SMILES string of the molecule is CCC(C)(/C=C/N(C)C)/C=C/C(C)(C)C1=[N+](C)CCCCCC1. The van der Waals surface area contributed by atoms with Crippen molar-refractivity contribution in [3.05, 3.63) is 24.4 Å². The first-order valence-corrected chi connectivity index (χ1v) is 9.34. The lowest BCUT2D eigenvalue weighted by molar-refractivity contribution is -0.503. The Hall–Kier alpha value is -1.05. The Morgan fingerprint density at radius 2 is 1.65 bits per heavy atom. The molecule has 0 N–H and O–H groups in total. The summed E-state index contributed by atoms with van der Waals surface area (Å²) in [6.45, 7) is 10.6. The minimum Gasteiger partial charge on any atom is -0.384 e. The van der Waals surface area contributed by atoms with Gasteiger partial charge in [-0.3, -0.25) is 0 Å². The van der Waals surface area contributed by atoms with Crippen molar-refractivity contribution in [1.29, 1.82) is 0 Å². The maximum absolute atomic E-state index is 2.52. The molecular weight excluding hydrogens is 280 g/mol. The molecule has 0 aromatic heterocycles. The second kappa shape index (κ2) is 8.70. The first-order chi connectivity index (χ1) is 10.7. The van der Waals surface area contributed by atoms with Crippen LogP contribution in [0.25, 0.3) is 0 Å². The topological polar surface area (TPSA) is 6.25 Å². The van der Waals surface area contributed by atoms with Crippen molar-refractivity contribution >= 4 is 5.71 Å². The van der Waals surface area contributed by atoms with Crippen LogP contribution in [0.15, 0.2) is 24.4 Å². The van der Waals surface area contributed by atoms with Crippen LogP contribution in [0.1, 0.15) is 66.2 Å². The van der Waals surface area contributed by atoms with Crippen molar-refractivity contribution in [2.75, 3.05) is 27.7 Å². The third-order valence-corrected chi connectivity index (χ3v) is 5.26. The lowest BCUT2D eigenvalue weighted by atomic mass is 9.79. The summed E-state index contributed by atoms with van der Waals surface area (Å²) >= 11 is 0. The fourth-order valence-electron chi connectivity index (χ4n) is 3.24. The van der Waals surface area contributed by atoms with Crippen LogP contribution < -0.4 is 0 Å². The molecule has 1 atom stereocenters. The van der Waals surface area contributed by atoms with E-state index in [1.54, 1.807) is 5.71 Å². The van der Waals surface area contributed by atoms with E-state index in [9.17, 15) is 0 Å². The summed E-state index contributed by atoms with van der Waals surface area (Å²) in [5.74, 6) is 0. The fraction of sp³-hybridized carbons (Fsp3) is 0.762. The van der Waals surface area contributed by atoms with Gasteiger partial charge in [0, 0.05) is 32.4 Å². The fourth-order valence-corrected chi connectivity index (χ4v) is 3.24. The molecule has 132 valence electrons. The average molecular weight is 320 g/mol. The first-order valence-electron chi connectivity index (χ1n) is 9.34. The Labute approximate surface area is 145 Å². The van der Waals surface area contributed by atoms with Gasteiger partial charge < -0.3 is 4.90 Å². The number of nitrogens with zero attached hydrogens (tertiary/aromatic N) is 2. The van der Waals surface area contributed by atoms with Crippen molar-refractivity contribution < 1.29 is 4.58 Å². The molecule has 0 aromatic rings. The zero-order valence-electron chi connectivity index (χ0n) is 16.7. The normalized spacial score (nSPS) is 20.7. The highest BCUT2D eigenvalue weighted by Gasteiger charge is 2.30. The van der Waals surface area contributed by atoms with Gasteiger partial charge in [0.2, 0.25) is 0 Å². The van der Waals surface area contributed by atoms with Gasteiger partial charge in [0.15, 0.2) is 5.71 Å². The zero-order valence-corrected chi connectivity index (χ0v) is 16.7. The highest BCUT2D eigenvalue weighted by molar-refractivity contribution is 5.87. The van der Waals surface area contributed by atoms with Crippen molar-refractivity contribution in [3.8, 4) is 0 Å². The quantitative estimate of drug-likeness (QED) is 0.487. The summed E-state index contributed by atoms with van der Waals surface area (Å²) in [6, 6.07) is 0. The molecule has 0 fully saturated rings. The standard InChI is InChI=1S/C21H39N2/c1-8-21(4,16-18-22(5)6)15-14-20(2,3)19-13-11-9-10-12-17-23(19)7/h14-16,18H,8-13,17H2,1-7H3/q+1/b15-14+,18-16+,23-19?. The molecule has 1 aliphatic rings. The molecule has 1 heterocycles. The minimum absolute atomic E-state index is 0.127. The molecule has 0 aromatic carbocycles. The lowest BCUT2D eigenvalue weighted by Crippen LogP contribution is -2.32. The Balaban J connectivity index is 2.99. The minimum atomic E-state index is 0.127. The van der Waals surface area contributed by atoms with Gasteiger partial charge in [0.1, 0.15) is 13.6 Å². The van der Waals surface area contributed by atoms with Crippen molar-refractivity contribution in [3.63, 3.8) is 0 Å². The van der Waals surface area contributed by atoms with Gasteiger partial charge in [0.25, 0.3) is 0 Å². The number of hydrogen-bond donors (Lipinski definition) is 0. The maximum atomic E-state index is 2.52. The van der Waals surface area contributed by atoms with Crippen LogP contribution in [0, 0.1) is 10.8 Å². The van der Waals surface area contributed by atoms with E-state index < -0.39 is 0 Å². The molecule has 0 aliphatic carbocycles. The summed E-state index contributed by atoms with van der Waals surface area (Å²) in [4.78, 5) is 2.12. The van der Waals surface area contributed by atoms with Crippen molar-refractivity contribution in [2.24, 2.45) is 10.8 Å². The molecule has 0 bridgehead atoms. The van der Waals surface area contributed by atoms with Gasteiger partial charge in [0.05, 0.1) is 5.41 Å². The van der Waals surface area contributed by atoms with Crippen molar-refractivity contribution in [1.82, 2.24) is 4.90 Å². The Kier molecular flexibility index (Phi) is 7.57. The van der Waals surface area contributed by atoms with Crippen LogP contribution >= 0.6 is 0 Å². The van der Waals surface area contributed by atoms with Gasteiger partial charge in [-0.25, -0.2) is 4.58 Å². The Bertz CT molecular complexity index is 454. The van der Waals surface area contributed by atoms with E-state index in [1.165, 1.54) is 38.6 Å². The Morgan fingerprint density at radius 1 is 1.00 bits per heavy atom. The summed E-state index contributed by atoms with van der Waals surface area (Å²) in [6.07, 6.45) is 17.2. The second-order valence-electron chi connectivity index (χ2n) is 8.23. The third-order valence-electron chi connectivity index (χ3n) is 5.26. The number of rotatable bonds is 6. The molecule has 0 amide bonds. The van der Waals surface area contributed by atoms with E-state index in [2.05, 4.69) is 82.7 Å². The molecule has 0 saturated heterocycles. The largest absolute Gasteiger partial charge is 0.384 e. The molecular formula is C21H39N2+. The smallest absolute Gasteiger partial charge is 0.161 e. The van der Waals surface area contributed by atoms with Gasteiger partial charge in [-0.15, -0.1) is 0 Å². The van der Waals surface area contributed by atoms with E-state index in [-0.39, 0.29) is 10.8 Å². The van der Waals surface area contributed by atoms with E-state index in [1.807, 2.05) is 0 Å². The van der Waals surface area contributed by atoms with Gasteiger partial charge in [-0.2, -0.15) is 0 Å². The highest BCUT2D eigenvalue weighted by Crippen LogP contribution is 2.30. The van der Waals surface area contributed by atoms with Crippen LogP contribution in [0.3, 0.4) is 0 Å². The summed E-state index contributed by atoms with van der Waals surface area (Å²) in [5, 5.41) is 0. The lowest BCUT2D eigenvalue weighted by Gasteiger charge is -2.26. The molecule has 1 aliphatic heterocycles. The third kappa shape index (κ3) is 6.53. The highest BCUT2D eigenvalue weighted by atomic mass is 15.0. The first kappa shape index (κ1) is 20.0. The van der Waals surface area contributed by atoms with Crippen molar-refractivity contribution in [2.45, 2.75) is 66.2 Å². The summed E-state index contributed by atoms with van der Waals surface area (Å²) in [5.41, 5.74) is 1.86. The monoisotopic (exact) mass is 319 g/mol. The number of allylic oxidation sites excluding steroid dienone is 3. The van der Waals surface area contributed by atoms with E-state index >= 15 is 0 Å². The molecule has 0 saturated carbocycles. The summed E-state index contributed by atoms with van der Waals surface area (Å²) in [7, 11) is 6.44. The van der Waals surface area contributed by atoms with E-state index in [0.29, 0.717) is 0 Å². The van der Waals surface area contributed by atoms with Gasteiger partial charge in [-0.1, -0.05) is 38.5 Å². The Morgan fingerprint density at radius 3 is 2.26 bits per heavy atom. The van der Waals surface area contributed by atoms with Crippen LogP contribution in [0.2, 0.25) is 0 Å². The maximum Gasteiger partial charge on any atom is 0.161 e.